The van der Waals surface area contributed by atoms with Crippen LogP contribution in [0.1, 0.15) is 5.56 Å². The molecular formula is C14H13BrClNS. The van der Waals surface area contributed by atoms with Gasteiger partial charge in [0.15, 0.2) is 0 Å². The van der Waals surface area contributed by atoms with Crippen LogP contribution in [-0.4, -0.2) is 6.54 Å². The number of hydrogen-bond donors (Lipinski definition) is 1. The van der Waals surface area contributed by atoms with Gasteiger partial charge in [-0.3, -0.25) is 0 Å². The Morgan fingerprint density at radius 1 is 1.17 bits per heavy atom. The van der Waals surface area contributed by atoms with Crippen molar-refractivity contribution in [3.8, 4) is 0 Å². The fraction of sp³-hybridized carbons (Fsp3) is 0.143. The molecule has 0 heterocycles. The number of benzene rings is 2. The molecule has 2 aromatic rings. The minimum absolute atomic E-state index is 0.674. The summed E-state index contributed by atoms with van der Waals surface area (Å²) in [5.74, 6) is 0. The van der Waals surface area contributed by atoms with E-state index in [4.69, 9.17) is 17.3 Å². The zero-order valence-electron chi connectivity index (χ0n) is 9.70. The molecule has 2 rings (SSSR count). The van der Waals surface area contributed by atoms with Crippen molar-refractivity contribution in [2.75, 3.05) is 6.54 Å². The van der Waals surface area contributed by atoms with Crippen LogP contribution in [0.5, 0.6) is 0 Å². The Labute approximate surface area is 125 Å². The summed E-state index contributed by atoms with van der Waals surface area (Å²) in [6.45, 7) is 0.674. The maximum Gasteiger partial charge on any atom is 0.0417 e. The fourth-order valence-corrected chi connectivity index (χ4v) is 3.41. The SMILES string of the molecule is NCCc1ccc(Sc2cccc(Cl)c2)c(Br)c1. The molecule has 2 N–H and O–H groups in total. The van der Waals surface area contributed by atoms with E-state index in [-0.39, 0.29) is 0 Å². The summed E-state index contributed by atoms with van der Waals surface area (Å²) in [5, 5.41) is 0.760. The molecule has 1 nitrogen and oxygen atoms in total. The molecule has 2 aromatic carbocycles. The zero-order valence-corrected chi connectivity index (χ0v) is 12.9. The van der Waals surface area contributed by atoms with Gasteiger partial charge in [-0.25, -0.2) is 0 Å². The van der Waals surface area contributed by atoms with Crippen LogP contribution in [0.4, 0.5) is 0 Å². The van der Waals surface area contributed by atoms with E-state index in [1.807, 2.05) is 18.2 Å². The van der Waals surface area contributed by atoms with Gasteiger partial charge in [-0.15, -0.1) is 0 Å². The maximum atomic E-state index is 5.98. The average Bonchev–Trinajstić information content (AvgIpc) is 2.33. The van der Waals surface area contributed by atoms with Gasteiger partial charge in [0.1, 0.15) is 0 Å². The van der Waals surface area contributed by atoms with Gasteiger partial charge in [-0.1, -0.05) is 35.5 Å². The van der Waals surface area contributed by atoms with Crippen LogP contribution in [0.2, 0.25) is 5.02 Å². The average molecular weight is 343 g/mol. The van der Waals surface area contributed by atoms with E-state index in [0.29, 0.717) is 6.54 Å². The predicted molar refractivity (Wildman–Crippen MR) is 82.5 cm³/mol. The molecule has 18 heavy (non-hydrogen) atoms. The molecule has 0 amide bonds. The summed E-state index contributed by atoms with van der Waals surface area (Å²) in [6.07, 6.45) is 0.903. The molecule has 0 bridgehead atoms. The van der Waals surface area contributed by atoms with E-state index in [9.17, 15) is 0 Å². The summed E-state index contributed by atoms with van der Waals surface area (Å²) in [6, 6.07) is 14.2. The highest BCUT2D eigenvalue weighted by atomic mass is 79.9. The summed E-state index contributed by atoms with van der Waals surface area (Å²) >= 11 is 11.3. The van der Waals surface area contributed by atoms with Crippen LogP contribution in [0.3, 0.4) is 0 Å². The van der Waals surface area contributed by atoms with Crippen molar-refractivity contribution in [1.82, 2.24) is 0 Å². The minimum Gasteiger partial charge on any atom is -0.330 e. The van der Waals surface area contributed by atoms with Gasteiger partial charge in [0.2, 0.25) is 0 Å². The Kier molecular flexibility index (Phi) is 5.13. The molecule has 4 heteroatoms. The lowest BCUT2D eigenvalue weighted by Gasteiger charge is -2.07. The summed E-state index contributed by atoms with van der Waals surface area (Å²) < 4.78 is 1.10. The lowest BCUT2D eigenvalue weighted by atomic mass is 10.2. The summed E-state index contributed by atoms with van der Waals surface area (Å²) in [7, 11) is 0. The topological polar surface area (TPSA) is 26.0 Å². The van der Waals surface area contributed by atoms with Gasteiger partial charge in [0.05, 0.1) is 0 Å². The third-order valence-corrected chi connectivity index (χ3v) is 4.67. The third kappa shape index (κ3) is 3.75. The van der Waals surface area contributed by atoms with Gasteiger partial charge >= 0.3 is 0 Å². The number of rotatable bonds is 4. The highest BCUT2D eigenvalue weighted by molar-refractivity contribution is 9.10. The van der Waals surface area contributed by atoms with Crippen molar-refractivity contribution in [3.05, 3.63) is 57.5 Å². The molecule has 0 radical (unpaired) electrons. The van der Waals surface area contributed by atoms with Crippen molar-refractivity contribution < 1.29 is 0 Å². The van der Waals surface area contributed by atoms with Crippen LogP contribution < -0.4 is 5.73 Å². The van der Waals surface area contributed by atoms with Crippen molar-refractivity contribution in [1.29, 1.82) is 0 Å². The van der Waals surface area contributed by atoms with E-state index >= 15 is 0 Å². The van der Waals surface area contributed by atoms with Crippen LogP contribution >= 0.6 is 39.3 Å². The molecular weight excluding hydrogens is 330 g/mol. The van der Waals surface area contributed by atoms with Crippen LogP contribution in [0.15, 0.2) is 56.7 Å². The van der Waals surface area contributed by atoms with E-state index in [2.05, 4.69) is 40.2 Å². The Balaban J connectivity index is 2.19. The first-order chi connectivity index (χ1) is 8.69. The van der Waals surface area contributed by atoms with Gasteiger partial charge in [-0.2, -0.15) is 0 Å². The molecule has 0 unspecified atom stereocenters. The molecule has 0 aliphatic carbocycles. The molecule has 0 fully saturated rings. The van der Waals surface area contributed by atoms with Crippen LogP contribution in [0, 0.1) is 0 Å². The standard InChI is InChI=1S/C14H13BrClNS/c15-13-8-10(6-7-17)4-5-14(13)18-12-3-1-2-11(16)9-12/h1-5,8-9H,6-7,17H2. The van der Waals surface area contributed by atoms with Gasteiger partial charge in [-0.05, 0) is 64.8 Å². The number of nitrogens with two attached hydrogens (primary N) is 1. The van der Waals surface area contributed by atoms with Gasteiger partial charge in [0.25, 0.3) is 0 Å². The molecule has 0 saturated carbocycles. The van der Waals surface area contributed by atoms with E-state index in [1.54, 1.807) is 11.8 Å². The van der Waals surface area contributed by atoms with Gasteiger partial charge in [0, 0.05) is 19.3 Å². The monoisotopic (exact) mass is 341 g/mol. The smallest absolute Gasteiger partial charge is 0.0417 e. The van der Waals surface area contributed by atoms with Crippen LogP contribution in [0.25, 0.3) is 0 Å². The zero-order chi connectivity index (χ0) is 13.0. The molecule has 0 aliphatic rings. The molecule has 0 spiro atoms. The Morgan fingerprint density at radius 2 is 2.00 bits per heavy atom. The van der Waals surface area contributed by atoms with Crippen molar-refractivity contribution in [3.63, 3.8) is 0 Å². The van der Waals surface area contributed by atoms with E-state index in [1.165, 1.54) is 10.5 Å². The first-order valence-electron chi connectivity index (χ1n) is 5.61. The summed E-state index contributed by atoms with van der Waals surface area (Å²) in [5.41, 5.74) is 6.80. The first-order valence-corrected chi connectivity index (χ1v) is 7.59. The normalized spacial score (nSPS) is 10.6. The maximum absolute atomic E-state index is 5.98. The molecule has 0 atom stereocenters. The quantitative estimate of drug-likeness (QED) is 0.867. The summed E-state index contributed by atoms with van der Waals surface area (Å²) in [4.78, 5) is 2.31. The van der Waals surface area contributed by atoms with Crippen molar-refractivity contribution in [2.24, 2.45) is 5.73 Å². The van der Waals surface area contributed by atoms with Crippen molar-refractivity contribution >= 4 is 39.3 Å². The van der Waals surface area contributed by atoms with E-state index in [0.717, 1.165) is 20.8 Å². The van der Waals surface area contributed by atoms with Gasteiger partial charge < -0.3 is 5.73 Å². The second-order valence-electron chi connectivity index (χ2n) is 3.86. The highest BCUT2D eigenvalue weighted by Gasteiger charge is 2.04. The Morgan fingerprint density at radius 3 is 2.67 bits per heavy atom. The first kappa shape index (κ1) is 13.9. The highest BCUT2D eigenvalue weighted by Crippen LogP contribution is 2.34. The molecule has 0 saturated heterocycles. The number of halogens is 2. The third-order valence-electron chi connectivity index (χ3n) is 2.45. The Bertz CT molecular complexity index is 545. The fourth-order valence-electron chi connectivity index (χ4n) is 1.61. The largest absolute Gasteiger partial charge is 0.330 e. The second kappa shape index (κ2) is 6.62. The van der Waals surface area contributed by atoms with Crippen LogP contribution in [-0.2, 0) is 6.42 Å². The lowest BCUT2D eigenvalue weighted by molar-refractivity contribution is 0.965. The number of hydrogen-bond acceptors (Lipinski definition) is 2. The minimum atomic E-state index is 0.674. The Hall–Kier alpha value is -0.480. The van der Waals surface area contributed by atoms with Crippen molar-refractivity contribution in [2.45, 2.75) is 16.2 Å². The molecule has 0 aromatic heterocycles. The lowest BCUT2D eigenvalue weighted by Crippen LogP contribution is -2.02. The van der Waals surface area contributed by atoms with E-state index < -0.39 is 0 Å². The predicted octanol–water partition coefficient (Wildman–Crippen LogP) is 4.75. The molecule has 94 valence electrons. The molecule has 0 aliphatic heterocycles. The second-order valence-corrected chi connectivity index (χ2v) is 6.27.